The highest BCUT2D eigenvalue weighted by Crippen LogP contribution is 2.29. The van der Waals surface area contributed by atoms with Crippen molar-refractivity contribution in [3.63, 3.8) is 0 Å². The van der Waals surface area contributed by atoms with Crippen LogP contribution >= 0.6 is 0 Å². The molecule has 0 spiro atoms. The van der Waals surface area contributed by atoms with Crippen LogP contribution in [0.1, 0.15) is 24.8 Å². The Morgan fingerprint density at radius 2 is 1.54 bits per heavy atom. The van der Waals surface area contributed by atoms with Crippen molar-refractivity contribution < 1.29 is 18.7 Å². The first kappa shape index (κ1) is 27.7. The van der Waals surface area contributed by atoms with Crippen LogP contribution in [-0.4, -0.2) is 89.7 Å². The van der Waals surface area contributed by atoms with Crippen LogP contribution in [0.2, 0.25) is 0 Å². The standard InChI is InChI=1S/C30H42FN5O3/c31-26-6-4-24(5-7-26)19-25-3-1-9-34(23-25)10-2-8-32-30(37)33-27-20-28(35-11-15-38-16-12-35)22-29(21-27)36-13-17-39-18-14-36/h4-7,20-22,25H,1-3,8-19,23H2,(H2,32,33,37)/t25-/m0/s1. The summed E-state index contributed by atoms with van der Waals surface area (Å²) in [6.07, 6.45) is 4.30. The molecule has 9 heteroatoms. The predicted octanol–water partition coefficient (Wildman–Crippen LogP) is 3.97. The van der Waals surface area contributed by atoms with E-state index in [1.165, 1.54) is 18.4 Å². The number of rotatable bonds is 9. The van der Waals surface area contributed by atoms with Crippen molar-refractivity contribution >= 4 is 23.1 Å². The number of nitrogens with zero attached hydrogens (tertiary/aromatic N) is 3. The molecule has 5 rings (SSSR count). The zero-order valence-electron chi connectivity index (χ0n) is 22.9. The molecule has 3 aliphatic heterocycles. The highest BCUT2D eigenvalue weighted by molar-refractivity contribution is 5.90. The molecular formula is C30H42FN5O3. The lowest BCUT2D eigenvalue weighted by atomic mass is 9.91. The fourth-order valence-corrected chi connectivity index (χ4v) is 5.83. The zero-order chi connectivity index (χ0) is 26.9. The second-order valence-corrected chi connectivity index (χ2v) is 10.8. The minimum atomic E-state index is -0.178. The summed E-state index contributed by atoms with van der Waals surface area (Å²) < 4.78 is 24.3. The van der Waals surface area contributed by atoms with Gasteiger partial charge in [0.1, 0.15) is 5.82 Å². The van der Waals surface area contributed by atoms with E-state index < -0.39 is 0 Å². The largest absolute Gasteiger partial charge is 0.378 e. The topological polar surface area (TPSA) is 69.3 Å². The number of urea groups is 1. The summed E-state index contributed by atoms with van der Waals surface area (Å²) in [6.45, 7) is 10.0. The molecule has 0 aliphatic carbocycles. The average Bonchev–Trinajstić information content (AvgIpc) is 2.97. The Hall–Kier alpha value is -2.88. The number of morpholine rings is 2. The van der Waals surface area contributed by atoms with Gasteiger partial charge in [-0.2, -0.15) is 0 Å². The minimum absolute atomic E-state index is 0.171. The fraction of sp³-hybridized carbons (Fsp3) is 0.567. The van der Waals surface area contributed by atoms with Crippen LogP contribution in [0, 0.1) is 11.7 Å². The van der Waals surface area contributed by atoms with Gasteiger partial charge in [0.25, 0.3) is 0 Å². The van der Waals surface area contributed by atoms with Gasteiger partial charge in [0.2, 0.25) is 0 Å². The maximum absolute atomic E-state index is 13.2. The summed E-state index contributed by atoms with van der Waals surface area (Å²) in [5, 5.41) is 6.12. The molecule has 0 radical (unpaired) electrons. The summed E-state index contributed by atoms with van der Waals surface area (Å²) in [5.74, 6) is 0.419. The molecule has 2 N–H and O–H groups in total. The van der Waals surface area contributed by atoms with Crippen LogP contribution < -0.4 is 20.4 Å². The number of amides is 2. The van der Waals surface area contributed by atoms with Crippen molar-refractivity contribution in [3.8, 4) is 0 Å². The van der Waals surface area contributed by atoms with Gasteiger partial charge in [0, 0.05) is 56.3 Å². The summed E-state index contributed by atoms with van der Waals surface area (Å²) >= 11 is 0. The third-order valence-corrected chi connectivity index (χ3v) is 7.89. The van der Waals surface area contributed by atoms with E-state index in [0.717, 1.165) is 102 Å². The highest BCUT2D eigenvalue weighted by Gasteiger charge is 2.20. The van der Waals surface area contributed by atoms with E-state index in [2.05, 4.69) is 43.5 Å². The molecule has 3 fully saturated rings. The molecular weight excluding hydrogens is 497 g/mol. The Bertz CT molecular complexity index is 1020. The number of likely N-dealkylation sites (tertiary alicyclic amines) is 1. The van der Waals surface area contributed by atoms with Gasteiger partial charge in [0.15, 0.2) is 0 Å². The van der Waals surface area contributed by atoms with Gasteiger partial charge in [-0.05, 0) is 80.6 Å². The molecule has 2 aromatic rings. The van der Waals surface area contributed by atoms with Crippen molar-refractivity contribution in [3.05, 3.63) is 53.8 Å². The number of halogens is 1. The van der Waals surface area contributed by atoms with Crippen molar-refractivity contribution in [2.45, 2.75) is 25.7 Å². The van der Waals surface area contributed by atoms with Gasteiger partial charge in [0.05, 0.1) is 26.4 Å². The maximum atomic E-state index is 13.2. The Morgan fingerprint density at radius 3 is 2.18 bits per heavy atom. The average molecular weight is 540 g/mol. The monoisotopic (exact) mass is 539 g/mol. The zero-order valence-corrected chi connectivity index (χ0v) is 22.9. The molecule has 0 saturated carbocycles. The molecule has 39 heavy (non-hydrogen) atoms. The van der Waals surface area contributed by atoms with Crippen LogP contribution in [0.3, 0.4) is 0 Å². The van der Waals surface area contributed by atoms with E-state index >= 15 is 0 Å². The number of piperidine rings is 1. The summed E-state index contributed by atoms with van der Waals surface area (Å²) in [6, 6.07) is 13.1. The number of anilines is 3. The Labute approximate surface area is 231 Å². The van der Waals surface area contributed by atoms with E-state index in [1.54, 1.807) is 12.1 Å². The molecule has 1 atom stereocenters. The molecule has 3 aliphatic rings. The number of nitrogens with one attached hydrogen (secondary N) is 2. The summed E-state index contributed by atoms with van der Waals surface area (Å²) in [5.41, 5.74) is 4.23. The third kappa shape index (κ3) is 8.30. The normalized spacial score (nSPS) is 20.6. The van der Waals surface area contributed by atoms with Crippen LogP contribution in [0.15, 0.2) is 42.5 Å². The van der Waals surface area contributed by atoms with Crippen LogP contribution in [0.5, 0.6) is 0 Å². The number of carbonyl (C=O) groups is 1. The molecule has 212 valence electrons. The van der Waals surface area contributed by atoms with E-state index in [4.69, 9.17) is 9.47 Å². The van der Waals surface area contributed by atoms with Gasteiger partial charge in [-0.25, -0.2) is 9.18 Å². The van der Waals surface area contributed by atoms with Crippen LogP contribution in [0.25, 0.3) is 0 Å². The first-order valence-corrected chi connectivity index (χ1v) is 14.4. The van der Waals surface area contributed by atoms with Crippen molar-refractivity contribution in [1.29, 1.82) is 0 Å². The van der Waals surface area contributed by atoms with Crippen molar-refractivity contribution in [1.82, 2.24) is 10.2 Å². The lowest BCUT2D eigenvalue weighted by Crippen LogP contribution is -2.39. The molecule has 2 amide bonds. The quantitative estimate of drug-likeness (QED) is 0.470. The molecule has 0 bridgehead atoms. The summed E-state index contributed by atoms with van der Waals surface area (Å²) in [7, 11) is 0. The number of hydrogen-bond acceptors (Lipinski definition) is 6. The molecule has 3 saturated heterocycles. The molecule has 0 unspecified atom stereocenters. The molecule has 3 heterocycles. The third-order valence-electron chi connectivity index (χ3n) is 7.89. The van der Waals surface area contributed by atoms with E-state index in [-0.39, 0.29) is 11.8 Å². The minimum Gasteiger partial charge on any atom is -0.378 e. The van der Waals surface area contributed by atoms with Gasteiger partial charge in [-0.3, -0.25) is 0 Å². The molecule has 8 nitrogen and oxygen atoms in total. The van der Waals surface area contributed by atoms with Crippen LogP contribution in [-0.2, 0) is 15.9 Å². The number of hydrogen-bond donors (Lipinski definition) is 2. The van der Waals surface area contributed by atoms with E-state index in [9.17, 15) is 9.18 Å². The van der Waals surface area contributed by atoms with Crippen LogP contribution in [0.4, 0.5) is 26.2 Å². The van der Waals surface area contributed by atoms with Gasteiger partial charge in [-0.1, -0.05) is 12.1 Å². The lowest BCUT2D eigenvalue weighted by molar-refractivity contribution is 0.122. The Kier molecular flexibility index (Phi) is 9.91. The van der Waals surface area contributed by atoms with E-state index in [1.807, 2.05) is 12.1 Å². The van der Waals surface area contributed by atoms with Gasteiger partial charge < -0.3 is 34.8 Å². The first-order chi connectivity index (χ1) is 19.1. The SMILES string of the molecule is O=C(NCCCN1CCC[C@@H](Cc2ccc(F)cc2)C1)Nc1cc(N2CCOCC2)cc(N2CCOCC2)c1. The first-order valence-electron chi connectivity index (χ1n) is 14.4. The summed E-state index contributed by atoms with van der Waals surface area (Å²) in [4.78, 5) is 19.9. The van der Waals surface area contributed by atoms with Crippen molar-refractivity contribution in [2.75, 3.05) is 93.9 Å². The Morgan fingerprint density at radius 1 is 0.897 bits per heavy atom. The van der Waals surface area contributed by atoms with E-state index in [0.29, 0.717) is 12.5 Å². The Balaban J connectivity index is 1.09. The lowest BCUT2D eigenvalue weighted by Gasteiger charge is -2.33. The van der Waals surface area contributed by atoms with Gasteiger partial charge >= 0.3 is 6.03 Å². The molecule has 2 aromatic carbocycles. The maximum Gasteiger partial charge on any atom is 0.319 e. The highest BCUT2D eigenvalue weighted by atomic mass is 19.1. The molecule has 0 aromatic heterocycles. The second kappa shape index (κ2) is 14.0. The second-order valence-electron chi connectivity index (χ2n) is 10.8. The predicted molar refractivity (Wildman–Crippen MR) is 153 cm³/mol. The number of carbonyl (C=O) groups excluding carboxylic acids is 1. The number of ether oxygens (including phenoxy) is 2. The number of benzene rings is 2. The smallest absolute Gasteiger partial charge is 0.319 e. The van der Waals surface area contributed by atoms with Gasteiger partial charge in [-0.15, -0.1) is 0 Å². The fourth-order valence-electron chi connectivity index (χ4n) is 5.83. The van der Waals surface area contributed by atoms with Crippen molar-refractivity contribution in [2.24, 2.45) is 5.92 Å².